The number of nitrogens with two attached hydrogens (primary N) is 1. The van der Waals surface area contributed by atoms with E-state index in [0.717, 1.165) is 5.56 Å². The van der Waals surface area contributed by atoms with E-state index in [-0.39, 0.29) is 18.8 Å². The van der Waals surface area contributed by atoms with Crippen molar-refractivity contribution in [1.29, 1.82) is 0 Å². The molecule has 1 aliphatic heterocycles. The zero-order chi connectivity index (χ0) is 15.2. The van der Waals surface area contributed by atoms with Crippen LogP contribution in [0.5, 0.6) is 0 Å². The minimum Gasteiger partial charge on any atom is -0.395 e. The third kappa shape index (κ3) is 4.23. The quantitative estimate of drug-likeness (QED) is 0.756. The number of methoxy groups -OCH3 is 1. The van der Waals surface area contributed by atoms with E-state index in [2.05, 4.69) is 0 Å². The summed E-state index contributed by atoms with van der Waals surface area (Å²) in [7, 11) is 1.49. The summed E-state index contributed by atoms with van der Waals surface area (Å²) < 4.78 is 22.4. The average Bonchev–Trinajstić information content (AvgIpc) is 2.53. The monoisotopic (exact) mass is 297 g/mol. The molecule has 1 fully saturated rings. The molecule has 6 heteroatoms. The van der Waals surface area contributed by atoms with Crippen LogP contribution in [0.2, 0.25) is 0 Å². The Labute approximate surface area is 124 Å². The summed E-state index contributed by atoms with van der Waals surface area (Å²) in [6.45, 7) is 2.08. The van der Waals surface area contributed by atoms with E-state index in [4.69, 9.17) is 29.8 Å². The zero-order valence-electron chi connectivity index (χ0n) is 12.3. The largest absolute Gasteiger partial charge is 0.395 e. The van der Waals surface area contributed by atoms with Gasteiger partial charge in [0.25, 0.3) is 0 Å². The maximum absolute atomic E-state index is 9.07. The molecule has 5 atom stereocenters. The number of aliphatic hydroxyl groups is 1. The molecule has 1 aromatic carbocycles. The smallest absolute Gasteiger partial charge is 0.184 e. The summed E-state index contributed by atoms with van der Waals surface area (Å²) in [5.41, 5.74) is 6.70. The van der Waals surface area contributed by atoms with Crippen molar-refractivity contribution in [3.63, 3.8) is 0 Å². The summed E-state index contributed by atoms with van der Waals surface area (Å²) >= 11 is 0. The first-order valence-electron chi connectivity index (χ1n) is 7.02. The first-order valence-corrected chi connectivity index (χ1v) is 7.02. The van der Waals surface area contributed by atoms with E-state index < -0.39 is 18.6 Å². The number of hydrogen-bond acceptors (Lipinski definition) is 6. The Kier molecular flexibility index (Phi) is 6.10. The molecule has 1 heterocycles. The lowest BCUT2D eigenvalue weighted by Crippen LogP contribution is -2.48. The van der Waals surface area contributed by atoms with Crippen molar-refractivity contribution in [3.05, 3.63) is 35.9 Å². The lowest BCUT2D eigenvalue weighted by Gasteiger charge is -2.37. The van der Waals surface area contributed by atoms with Gasteiger partial charge in [-0.2, -0.15) is 0 Å². The highest BCUT2D eigenvalue weighted by Crippen LogP contribution is 2.28. The maximum Gasteiger partial charge on any atom is 0.184 e. The van der Waals surface area contributed by atoms with Gasteiger partial charge in [-0.1, -0.05) is 30.3 Å². The Bertz CT molecular complexity index is 416. The highest BCUT2D eigenvalue weighted by Gasteiger charge is 2.33. The molecule has 3 N–H and O–H groups in total. The van der Waals surface area contributed by atoms with Crippen LogP contribution >= 0.6 is 0 Å². The molecule has 1 aromatic rings. The molecular weight excluding hydrogens is 274 g/mol. The van der Waals surface area contributed by atoms with Crippen molar-refractivity contribution >= 4 is 0 Å². The predicted octanol–water partition coefficient (Wildman–Crippen LogP) is 0.798. The lowest BCUT2D eigenvalue weighted by atomic mass is 10.1. The maximum atomic E-state index is 9.07. The van der Waals surface area contributed by atoms with Crippen molar-refractivity contribution in [2.45, 2.75) is 37.8 Å². The van der Waals surface area contributed by atoms with Gasteiger partial charge >= 0.3 is 0 Å². The van der Waals surface area contributed by atoms with Crippen LogP contribution < -0.4 is 5.73 Å². The first-order chi connectivity index (χ1) is 10.2. The van der Waals surface area contributed by atoms with Gasteiger partial charge in [-0.3, -0.25) is 0 Å². The summed E-state index contributed by atoms with van der Waals surface area (Å²) in [5, 5.41) is 9.07. The molecule has 0 saturated carbocycles. The lowest BCUT2D eigenvalue weighted by molar-refractivity contribution is -0.291. The SMILES string of the molecule is CO[C@H](OC1COC(c2ccccc2)O[C@@H]1C)[C@H](N)CO. The third-order valence-electron chi connectivity index (χ3n) is 3.45. The van der Waals surface area contributed by atoms with E-state index in [1.54, 1.807) is 0 Å². The molecule has 2 unspecified atom stereocenters. The van der Waals surface area contributed by atoms with Gasteiger partial charge in [0.15, 0.2) is 12.6 Å². The van der Waals surface area contributed by atoms with E-state index in [0.29, 0.717) is 6.61 Å². The number of rotatable bonds is 6. The van der Waals surface area contributed by atoms with Crippen molar-refractivity contribution in [1.82, 2.24) is 0 Å². The number of ether oxygens (including phenoxy) is 4. The Morgan fingerprint density at radius 3 is 2.67 bits per heavy atom. The molecule has 0 aromatic heterocycles. The van der Waals surface area contributed by atoms with E-state index >= 15 is 0 Å². The molecule has 0 radical (unpaired) electrons. The summed E-state index contributed by atoms with van der Waals surface area (Å²) in [5.74, 6) is 0. The van der Waals surface area contributed by atoms with Gasteiger partial charge in [-0.05, 0) is 6.92 Å². The molecule has 0 amide bonds. The van der Waals surface area contributed by atoms with Gasteiger partial charge in [0, 0.05) is 12.7 Å². The van der Waals surface area contributed by atoms with Gasteiger partial charge in [0.2, 0.25) is 0 Å². The molecule has 0 spiro atoms. The van der Waals surface area contributed by atoms with E-state index in [1.807, 2.05) is 37.3 Å². The molecule has 1 saturated heterocycles. The van der Waals surface area contributed by atoms with Crippen LogP contribution in [0.4, 0.5) is 0 Å². The van der Waals surface area contributed by atoms with Gasteiger partial charge in [0.05, 0.1) is 25.4 Å². The molecule has 1 aliphatic rings. The third-order valence-corrected chi connectivity index (χ3v) is 3.45. The van der Waals surface area contributed by atoms with Crippen molar-refractivity contribution in [2.24, 2.45) is 5.73 Å². The predicted molar refractivity (Wildman–Crippen MR) is 76.4 cm³/mol. The minimum atomic E-state index is -0.692. The van der Waals surface area contributed by atoms with Crippen LogP contribution in [0.25, 0.3) is 0 Å². The topological polar surface area (TPSA) is 83.2 Å². The molecule has 0 bridgehead atoms. The Hall–Kier alpha value is -1.02. The number of benzene rings is 1. The van der Waals surface area contributed by atoms with Crippen molar-refractivity contribution in [3.8, 4) is 0 Å². The number of hydrogen-bond donors (Lipinski definition) is 2. The normalized spacial score (nSPS) is 29.0. The van der Waals surface area contributed by atoms with Crippen molar-refractivity contribution < 1.29 is 24.1 Å². The van der Waals surface area contributed by atoms with Crippen molar-refractivity contribution in [2.75, 3.05) is 20.3 Å². The van der Waals surface area contributed by atoms with Crippen LogP contribution in [0, 0.1) is 0 Å². The standard InChI is InChI=1S/C15H23NO5/c1-10-13(21-15(18-2)12(16)8-17)9-19-14(20-10)11-6-4-3-5-7-11/h3-7,10,12-15,17H,8-9,16H2,1-2H3/t10-,12-,13?,14?,15-/m1/s1. The fourth-order valence-corrected chi connectivity index (χ4v) is 2.16. The molecule has 2 rings (SSSR count). The van der Waals surface area contributed by atoms with Gasteiger partial charge < -0.3 is 29.8 Å². The van der Waals surface area contributed by atoms with E-state index in [1.165, 1.54) is 7.11 Å². The summed E-state index contributed by atoms with van der Waals surface area (Å²) in [4.78, 5) is 0. The van der Waals surface area contributed by atoms with Crippen LogP contribution in [-0.2, 0) is 18.9 Å². The Morgan fingerprint density at radius 1 is 1.38 bits per heavy atom. The first kappa shape index (κ1) is 16.4. The van der Waals surface area contributed by atoms with Crippen LogP contribution in [0.3, 0.4) is 0 Å². The minimum absolute atomic E-state index is 0.174. The molecule has 0 aliphatic carbocycles. The van der Waals surface area contributed by atoms with E-state index in [9.17, 15) is 0 Å². The summed E-state index contributed by atoms with van der Waals surface area (Å²) in [6, 6.07) is 9.14. The fourth-order valence-electron chi connectivity index (χ4n) is 2.16. The molecule has 21 heavy (non-hydrogen) atoms. The van der Waals surface area contributed by atoms with Gasteiger partial charge in [-0.25, -0.2) is 0 Å². The second-order valence-corrected chi connectivity index (χ2v) is 5.04. The zero-order valence-corrected chi connectivity index (χ0v) is 12.3. The average molecular weight is 297 g/mol. The van der Waals surface area contributed by atoms with Gasteiger partial charge in [-0.15, -0.1) is 0 Å². The fraction of sp³-hybridized carbons (Fsp3) is 0.600. The Morgan fingerprint density at radius 2 is 2.10 bits per heavy atom. The van der Waals surface area contributed by atoms with Crippen LogP contribution in [-0.4, -0.2) is 50.0 Å². The second-order valence-electron chi connectivity index (χ2n) is 5.04. The second kappa shape index (κ2) is 7.84. The molecular formula is C15H23NO5. The molecule has 118 valence electrons. The number of aliphatic hydroxyl groups excluding tert-OH is 1. The molecule has 6 nitrogen and oxygen atoms in total. The summed E-state index contributed by atoms with van der Waals surface area (Å²) in [6.07, 6.45) is -1.56. The van der Waals surface area contributed by atoms with Crippen LogP contribution in [0.15, 0.2) is 30.3 Å². The van der Waals surface area contributed by atoms with Gasteiger partial charge in [0.1, 0.15) is 6.10 Å². The highest BCUT2D eigenvalue weighted by atomic mass is 16.7. The Balaban J connectivity index is 1.92. The van der Waals surface area contributed by atoms with Crippen LogP contribution in [0.1, 0.15) is 18.8 Å². The highest BCUT2D eigenvalue weighted by molar-refractivity contribution is 5.16.